The summed E-state index contributed by atoms with van der Waals surface area (Å²) in [4.78, 5) is 32.5. The van der Waals surface area contributed by atoms with Gasteiger partial charge in [-0.15, -0.1) is 0 Å². The van der Waals surface area contributed by atoms with E-state index >= 15 is 0 Å². The third kappa shape index (κ3) is 6.85. The maximum absolute atomic E-state index is 13.2. The molecule has 2 aromatic rings. The first-order valence-corrected chi connectivity index (χ1v) is 14.3. The molecular formula is C30H39ClN4O2. The second-order valence-corrected chi connectivity index (χ2v) is 11.4. The molecule has 0 saturated carbocycles. The maximum atomic E-state index is 13.2. The number of piperidine rings is 3. The van der Waals surface area contributed by atoms with Gasteiger partial charge in [-0.2, -0.15) is 0 Å². The summed E-state index contributed by atoms with van der Waals surface area (Å²) in [7, 11) is 0. The molecule has 0 radical (unpaired) electrons. The van der Waals surface area contributed by atoms with E-state index in [1.54, 1.807) is 12.1 Å². The van der Waals surface area contributed by atoms with E-state index in [0.717, 1.165) is 89.9 Å². The zero-order chi connectivity index (χ0) is 25.6. The third-order valence-electron chi connectivity index (χ3n) is 8.54. The molecule has 0 unspecified atom stereocenters. The number of nitrogens with zero attached hydrogens (tertiary/aromatic N) is 3. The van der Waals surface area contributed by atoms with E-state index < -0.39 is 0 Å². The first kappa shape index (κ1) is 26.1. The van der Waals surface area contributed by atoms with Gasteiger partial charge in [0.2, 0.25) is 5.91 Å². The van der Waals surface area contributed by atoms with Crippen LogP contribution in [0.1, 0.15) is 44.1 Å². The van der Waals surface area contributed by atoms with Gasteiger partial charge in [0.15, 0.2) is 0 Å². The Kier molecular flexibility index (Phi) is 8.67. The molecule has 0 atom stereocenters. The molecule has 7 heteroatoms. The minimum atomic E-state index is -0.0439. The summed E-state index contributed by atoms with van der Waals surface area (Å²) in [5.74, 6) is 1.24. The fraction of sp³-hybridized carbons (Fsp3) is 0.533. The lowest BCUT2D eigenvalue weighted by molar-refractivity contribution is -0.138. The molecule has 0 spiro atoms. The lowest BCUT2D eigenvalue weighted by atomic mass is 9.88. The van der Waals surface area contributed by atoms with Crippen LogP contribution >= 0.6 is 11.6 Å². The van der Waals surface area contributed by atoms with Crippen LogP contribution in [-0.4, -0.2) is 71.9 Å². The molecule has 2 aromatic carbocycles. The van der Waals surface area contributed by atoms with Gasteiger partial charge in [0, 0.05) is 48.8 Å². The first-order valence-electron chi connectivity index (χ1n) is 13.9. The van der Waals surface area contributed by atoms with E-state index in [-0.39, 0.29) is 11.9 Å². The molecule has 0 aliphatic carbocycles. The molecule has 3 heterocycles. The van der Waals surface area contributed by atoms with E-state index in [2.05, 4.69) is 45.4 Å². The second-order valence-electron chi connectivity index (χ2n) is 10.9. The summed E-state index contributed by atoms with van der Waals surface area (Å²) in [5.41, 5.74) is 2.18. The summed E-state index contributed by atoms with van der Waals surface area (Å²) in [6.07, 6.45) is 7.25. The van der Waals surface area contributed by atoms with Crippen molar-refractivity contribution in [2.45, 2.75) is 51.0 Å². The minimum Gasteiger partial charge on any atom is -0.342 e. The summed E-state index contributed by atoms with van der Waals surface area (Å²) in [6.45, 7) is 5.33. The van der Waals surface area contributed by atoms with E-state index in [1.807, 2.05) is 17.0 Å². The van der Waals surface area contributed by atoms with Gasteiger partial charge in [-0.1, -0.05) is 41.9 Å². The number of anilines is 1. The van der Waals surface area contributed by atoms with Crippen LogP contribution in [0.4, 0.5) is 10.5 Å². The normalized spacial score (nSPS) is 20.7. The number of rotatable bonds is 5. The molecule has 3 fully saturated rings. The predicted molar refractivity (Wildman–Crippen MR) is 149 cm³/mol. The molecule has 3 aliphatic rings. The zero-order valence-corrected chi connectivity index (χ0v) is 22.4. The van der Waals surface area contributed by atoms with Crippen LogP contribution in [0.5, 0.6) is 0 Å². The predicted octanol–water partition coefficient (Wildman–Crippen LogP) is 5.53. The van der Waals surface area contributed by atoms with Gasteiger partial charge in [-0.05, 0) is 93.8 Å². The van der Waals surface area contributed by atoms with Crippen LogP contribution < -0.4 is 5.32 Å². The van der Waals surface area contributed by atoms with E-state index in [4.69, 9.17) is 11.6 Å². The summed E-state index contributed by atoms with van der Waals surface area (Å²) >= 11 is 5.93. The molecule has 5 rings (SSSR count). The Labute approximate surface area is 225 Å². The highest BCUT2D eigenvalue weighted by Crippen LogP contribution is 2.28. The van der Waals surface area contributed by atoms with Crippen molar-refractivity contribution in [1.82, 2.24) is 14.7 Å². The van der Waals surface area contributed by atoms with Crippen molar-refractivity contribution in [2.75, 3.05) is 44.6 Å². The number of urea groups is 1. The highest BCUT2D eigenvalue weighted by atomic mass is 35.5. The third-order valence-corrected chi connectivity index (χ3v) is 8.79. The number of hydrogen-bond donors (Lipinski definition) is 1. The summed E-state index contributed by atoms with van der Waals surface area (Å²) in [5, 5.41) is 3.63. The van der Waals surface area contributed by atoms with Crippen LogP contribution in [-0.2, 0) is 11.2 Å². The number of hydrogen-bond acceptors (Lipinski definition) is 3. The molecule has 3 saturated heterocycles. The van der Waals surface area contributed by atoms with Gasteiger partial charge in [0.1, 0.15) is 0 Å². The van der Waals surface area contributed by atoms with Crippen molar-refractivity contribution >= 4 is 29.2 Å². The summed E-state index contributed by atoms with van der Waals surface area (Å²) in [6, 6.07) is 18.4. The second kappa shape index (κ2) is 12.3. The van der Waals surface area contributed by atoms with Crippen LogP contribution in [0.15, 0.2) is 54.6 Å². The van der Waals surface area contributed by atoms with Crippen LogP contribution in [0, 0.1) is 11.8 Å². The number of benzene rings is 2. The number of halogens is 1. The molecule has 0 bridgehead atoms. The van der Waals surface area contributed by atoms with Gasteiger partial charge in [0.05, 0.1) is 0 Å². The Bertz CT molecular complexity index is 1020. The largest absolute Gasteiger partial charge is 0.342 e. The Morgan fingerprint density at radius 2 is 1.38 bits per heavy atom. The average molecular weight is 523 g/mol. The van der Waals surface area contributed by atoms with Crippen molar-refractivity contribution in [2.24, 2.45) is 11.8 Å². The fourth-order valence-corrected chi connectivity index (χ4v) is 6.37. The molecule has 198 valence electrons. The van der Waals surface area contributed by atoms with Crippen molar-refractivity contribution in [1.29, 1.82) is 0 Å². The van der Waals surface area contributed by atoms with Crippen molar-refractivity contribution < 1.29 is 9.59 Å². The van der Waals surface area contributed by atoms with Crippen LogP contribution in [0.3, 0.4) is 0 Å². The van der Waals surface area contributed by atoms with Crippen molar-refractivity contribution in [3.63, 3.8) is 0 Å². The monoisotopic (exact) mass is 522 g/mol. The smallest absolute Gasteiger partial charge is 0.321 e. The molecule has 6 nitrogen and oxygen atoms in total. The first-order chi connectivity index (χ1) is 18.0. The van der Waals surface area contributed by atoms with Crippen molar-refractivity contribution in [3.8, 4) is 0 Å². The molecule has 37 heavy (non-hydrogen) atoms. The maximum Gasteiger partial charge on any atom is 0.321 e. The number of likely N-dealkylation sites (tertiary alicyclic amines) is 3. The van der Waals surface area contributed by atoms with E-state index in [9.17, 15) is 9.59 Å². The number of amides is 3. The average Bonchev–Trinajstić information content (AvgIpc) is 2.95. The van der Waals surface area contributed by atoms with E-state index in [0.29, 0.717) is 22.9 Å². The Morgan fingerprint density at radius 1 is 0.757 bits per heavy atom. The molecule has 0 aromatic heterocycles. The quantitative estimate of drug-likeness (QED) is 0.561. The molecular weight excluding hydrogens is 484 g/mol. The lowest BCUT2D eigenvalue weighted by Crippen LogP contribution is -2.51. The van der Waals surface area contributed by atoms with Crippen LogP contribution in [0.25, 0.3) is 0 Å². The zero-order valence-electron chi connectivity index (χ0n) is 21.7. The van der Waals surface area contributed by atoms with Gasteiger partial charge in [-0.3, -0.25) is 4.79 Å². The Hall–Kier alpha value is -2.57. The standard InChI is InChI=1S/C30H39ClN4O2/c31-26-6-8-27(9-7-26)32-30(37)35-20-14-28(15-21-35)33-18-12-25(13-19-33)29(36)34-16-10-24(11-17-34)22-23-4-2-1-3-5-23/h1-9,24-25,28H,10-22H2,(H,32,37). The highest BCUT2D eigenvalue weighted by Gasteiger charge is 2.34. The number of nitrogens with one attached hydrogen (secondary N) is 1. The molecule has 3 aliphatic heterocycles. The van der Waals surface area contributed by atoms with Gasteiger partial charge in [-0.25, -0.2) is 4.79 Å². The fourth-order valence-electron chi connectivity index (χ4n) is 6.24. The number of carbonyl (C=O) groups is 2. The Morgan fingerprint density at radius 3 is 2.03 bits per heavy atom. The lowest BCUT2D eigenvalue weighted by Gasteiger charge is -2.42. The topological polar surface area (TPSA) is 55.9 Å². The Balaban J connectivity index is 1.01. The van der Waals surface area contributed by atoms with Crippen LogP contribution in [0.2, 0.25) is 5.02 Å². The van der Waals surface area contributed by atoms with Crippen molar-refractivity contribution in [3.05, 3.63) is 65.2 Å². The number of carbonyl (C=O) groups excluding carboxylic acids is 2. The van der Waals surface area contributed by atoms with Gasteiger partial charge < -0.3 is 20.0 Å². The van der Waals surface area contributed by atoms with E-state index in [1.165, 1.54) is 5.56 Å². The minimum absolute atomic E-state index is 0.0439. The highest BCUT2D eigenvalue weighted by molar-refractivity contribution is 6.30. The van der Waals surface area contributed by atoms with Gasteiger partial charge >= 0.3 is 6.03 Å². The van der Waals surface area contributed by atoms with Gasteiger partial charge in [0.25, 0.3) is 0 Å². The molecule has 1 N–H and O–H groups in total. The SMILES string of the molecule is O=C(Nc1ccc(Cl)cc1)N1CCC(N2CCC(C(=O)N3CCC(Cc4ccccc4)CC3)CC2)CC1. The summed E-state index contributed by atoms with van der Waals surface area (Å²) < 4.78 is 0. The molecule has 3 amide bonds.